The van der Waals surface area contributed by atoms with Crippen LogP contribution in [0.4, 0.5) is 0 Å². The molecule has 1 N–H and O–H groups in total. The van der Waals surface area contributed by atoms with E-state index < -0.39 is 0 Å². The fourth-order valence-electron chi connectivity index (χ4n) is 2.61. The van der Waals surface area contributed by atoms with Crippen LogP contribution < -0.4 is 14.8 Å². The summed E-state index contributed by atoms with van der Waals surface area (Å²) >= 11 is 0. The first-order valence-corrected chi connectivity index (χ1v) is 8.12. The van der Waals surface area contributed by atoms with Gasteiger partial charge in [0.1, 0.15) is 11.3 Å². The molecule has 1 amide bonds. The van der Waals surface area contributed by atoms with Crippen molar-refractivity contribution in [2.75, 3.05) is 13.7 Å². The SMILES string of the molecule is COc1cc(C)ccc1OCC(=O)N[C@@H](C)c1cc2ccccc2o1. The molecule has 0 unspecified atom stereocenters. The number of ether oxygens (including phenoxy) is 2. The lowest BCUT2D eigenvalue weighted by Gasteiger charge is -2.14. The number of amides is 1. The van der Waals surface area contributed by atoms with Crippen molar-refractivity contribution in [1.29, 1.82) is 0 Å². The van der Waals surface area contributed by atoms with Crippen molar-refractivity contribution in [3.63, 3.8) is 0 Å². The molecule has 5 nitrogen and oxygen atoms in total. The van der Waals surface area contributed by atoms with Crippen LogP contribution in [-0.2, 0) is 4.79 Å². The first-order chi connectivity index (χ1) is 12.1. The van der Waals surface area contributed by atoms with Gasteiger partial charge in [0.2, 0.25) is 0 Å². The second-order valence-electron chi connectivity index (χ2n) is 5.92. The van der Waals surface area contributed by atoms with Gasteiger partial charge in [0, 0.05) is 5.39 Å². The Labute approximate surface area is 146 Å². The summed E-state index contributed by atoms with van der Waals surface area (Å²) in [5.41, 5.74) is 1.87. The number of carbonyl (C=O) groups is 1. The molecule has 25 heavy (non-hydrogen) atoms. The molecule has 1 atom stereocenters. The Balaban J connectivity index is 1.60. The number of para-hydroxylation sites is 1. The van der Waals surface area contributed by atoms with Crippen LogP contribution in [0.25, 0.3) is 11.0 Å². The van der Waals surface area contributed by atoms with Crippen LogP contribution >= 0.6 is 0 Å². The average molecular weight is 339 g/mol. The molecule has 3 rings (SSSR count). The van der Waals surface area contributed by atoms with Crippen LogP contribution in [0.15, 0.2) is 52.9 Å². The van der Waals surface area contributed by atoms with E-state index in [1.165, 1.54) is 0 Å². The number of furan rings is 1. The number of nitrogens with one attached hydrogen (secondary N) is 1. The quantitative estimate of drug-likeness (QED) is 0.737. The van der Waals surface area contributed by atoms with Gasteiger partial charge in [-0.1, -0.05) is 24.3 Å². The molecule has 5 heteroatoms. The van der Waals surface area contributed by atoms with Gasteiger partial charge >= 0.3 is 0 Å². The van der Waals surface area contributed by atoms with Crippen molar-refractivity contribution in [2.45, 2.75) is 19.9 Å². The monoisotopic (exact) mass is 339 g/mol. The Kier molecular flexibility index (Phi) is 4.93. The van der Waals surface area contributed by atoms with E-state index in [2.05, 4.69) is 5.32 Å². The topological polar surface area (TPSA) is 60.7 Å². The van der Waals surface area contributed by atoms with E-state index in [0.717, 1.165) is 16.5 Å². The maximum atomic E-state index is 12.2. The van der Waals surface area contributed by atoms with Crippen molar-refractivity contribution in [1.82, 2.24) is 5.32 Å². The van der Waals surface area contributed by atoms with E-state index in [1.807, 2.05) is 56.3 Å². The summed E-state index contributed by atoms with van der Waals surface area (Å²) in [4.78, 5) is 12.2. The van der Waals surface area contributed by atoms with Crippen molar-refractivity contribution in [3.05, 3.63) is 59.9 Å². The van der Waals surface area contributed by atoms with Crippen molar-refractivity contribution in [3.8, 4) is 11.5 Å². The van der Waals surface area contributed by atoms with E-state index in [-0.39, 0.29) is 18.6 Å². The number of carbonyl (C=O) groups excluding carboxylic acids is 1. The largest absolute Gasteiger partial charge is 0.493 e. The summed E-state index contributed by atoms with van der Waals surface area (Å²) in [5, 5.41) is 3.89. The number of fused-ring (bicyclic) bond motifs is 1. The molecule has 0 bridgehead atoms. The molecule has 0 saturated carbocycles. The van der Waals surface area contributed by atoms with E-state index in [9.17, 15) is 4.79 Å². The van der Waals surface area contributed by atoms with Gasteiger partial charge in [-0.2, -0.15) is 0 Å². The van der Waals surface area contributed by atoms with E-state index in [1.54, 1.807) is 13.2 Å². The third kappa shape index (κ3) is 3.94. The molecular weight excluding hydrogens is 318 g/mol. The van der Waals surface area contributed by atoms with Crippen LogP contribution in [-0.4, -0.2) is 19.6 Å². The molecule has 0 radical (unpaired) electrons. The highest BCUT2D eigenvalue weighted by molar-refractivity contribution is 5.79. The Morgan fingerprint density at radius 2 is 1.96 bits per heavy atom. The molecule has 0 aliphatic heterocycles. The molecule has 3 aromatic rings. The zero-order chi connectivity index (χ0) is 17.8. The summed E-state index contributed by atoms with van der Waals surface area (Å²) in [5.74, 6) is 1.64. The third-order valence-corrected chi connectivity index (χ3v) is 3.93. The number of hydrogen-bond acceptors (Lipinski definition) is 4. The van der Waals surface area contributed by atoms with Crippen molar-refractivity contribution < 1.29 is 18.7 Å². The van der Waals surface area contributed by atoms with Gasteiger partial charge in [-0.15, -0.1) is 0 Å². The Bertz CT molecular complexity index is 851. The lowest BCUT2D eigenvalue weighted by Crippen LogP contribution is -2.31. The number of methoxy groups -OCH3 is 1. The van der Waals surface area contributed by atoms with Crippen molar-refractivity contribution >= 4 is 16.9 Å². The van der Waals surface area contributed by atoms with E-state index in [0.29, 0.717) is 17.3 Å². The smallest absolute Gasteiger partial charge is 0.258 e. The van der Waals surface area contributed by atoms with E-state index in [4.69, 9.17) is 13.9 Å². The van der Waals surface area contributed by atoms with E-state index >= 15 is 0 Å². The molecule has 1 aromatic heterocycles. The minimum Gasteiger partial charge on any atom is -0.493 e. The molecule has 0 aliphatic rings. The normalized spacial score (nSPS) is 12.0. The fraction of sp³-hybridized carbons (Fsp3) is 0.250. The summed E-state index contributed by atoms with van der Waals surface area (Å²) in [7, 11) is 1.57. The lowest BCUT2D eigenvalue weighted by atomic mass is 10.2. The number of aryl methyl sites for hydroxylation is 1. The molecule has 0 aliphatic carbocycles. The van der Waals surface area contributed by atoms with Gasteiger partial charge < -0.3 is 19.2 Å². The summed E-state index contributed by atoms with van der Waals surface area (Å²) in [6.07, 6.45) is 0. The molecule has 0 saturated heterocycles. The first-order valence-electron chi connectivity index (χ1n) is 8.12. The highest BCUT2D eigenvalue weighted by Crippen LogP contribution is 2.28. The van der Waals surface area contributed by atoms with Crippen LogP contribution in [0.2, 0.25) is 0 Å². The number of benzene rings is 2. The minimum absolute atomic E-state index is 0.0933. The maximum Gasteiger partial charge on any atom is 0.258 e. The second-order valence-corrected chi connectivity index (χ2v) is 5.92. The van der Waals surface area contributed by atoms with Gasteiger partial charge in [-0.25, -0.2) is 0 Å². The van der Waals surface area contributed by atoms with Gasteiger partial charge in [-0.05, 0) is 43.7 Å². The molecular formula is C20H21NO4. The predicted molar refractivity (Wildman–Crippen MR) is 96.0 cm³/mol. The number of hydrogen-bond donors (Lipinski definition) is 1. The lowest BCUT2D eigenvalue weighted by molar-refractivity contribution is -0.123. The summed E-state index contributed by atoms with van der Waals surface area (Å²) in [6.45, 7) is 3.75. The summed E-state index contributed by atoms with van der Waals surface area (Å²) < 4.78 is 16.6. The Morgan fingerprint density at radius 1 is 1.16 bits per heavy atom. The Morgan fingerprint density at radius 3 is 2.72 bits per heavy atom. The van der Waals surface area contributed by atoms with Crippen LogP contribution in [0.3, 0.4) is 0 Å². The Hall–Kier alpha value is -2.95. The maximum absolute atomic E-state index is 12.2. The zero-order valence-corrected chi connectivity index (χ0v) is 14.5. The number of rotatable bonds is 6. The second kappa shape index (κ2) is 7.30. The van der Waals surface area contributed by atoms with Crippen LogP contribution in [0, 0.1) is 6.92 Å². The van der Waals surface area contributed by atoms with Gasteiger partial charge in [-0.3, -0.25) is 4.79 Å². The molecule has 0 fully saturated rings. The first kappa shape index (κ1) is 16.9. The van der Waals surface area contributed by atoms with Crippen molar-refractivity contribution in [2.24, 2.45) is 0 Å². The third-order valence-electron chi connectivity index (χ3n) is 3.93. The highest BCUT2D eigenvalue weighted by Gasteiger charge is 2.15. The van der Waals surface area contributed by atoms with Gasteiger partial charge in [0.05, 0.1) is 13.2 Å². The predicted octanol–water partition coefficient (Wildman–Crippen LogP) is 4.01. The standard InChI is InChI=1S/C20H21NO4/c1-13-8-9-17(19(10-13)23-3)24-12-20(22)21-14(2)18-11-15-6-4-5-7-16(15)25-18/h4-11,14H,12H2,1-3H3,(H,21,22)/t14-/m0/s1. The molecule has 2 aromatic carbocycles. The minimum atomic E-state index is -0.247. The molecule has 1 heterocycles. The zero-order valence-electron chi connectivity index (χ0n) is 14.5. The van der Waals surface area contributed by atoms with Gasteiger partial charge in [0.25, 0.3) is 5.91 Å². The average Bonchev–Trinajstić information content (AvgIpc) is 3.05. The fourth-order valence-corrected chi connectivity index (χ4v) is 2.61. The highest BCUT2D eigenvalue weighted by atomic mass is 16.5. The molecule has 130 valence electrons. The summed E-state index contributed by atoms with van der Waals surface area (Å²) in [6, 6.07) is 15.0. The molecule has 0 spiro atoms. The van der Waals surface area contributed by atoms with Crippen LogP contribution in [0.5, 0.6) is 11.5 Å². The van der Waals surface area contributed by atoms with Crippen LogP contribution in [0.1, 0.15) is 24.3 Å². The van der Waals surface area contributed by atoms with Gasteiger partial charge in [0.15, 0.2) is 18.1 Å².